The zero-order valence-electron chi connectivity index (χ0n) is 14.1. The third kappa shape index (κ3) is 4.49. The van der Waals surface area contributed by atoms with Crippen molar-refractivity contribution in [3.8, 4) is 0 Å². The highest BCUT2D eigenvalue weighted by molar-refractivity contribution is 5.75. The van der Waals surface area contributed by atoms with Crippen LogP contribution in [0.3, 0.4) is 0 Å². The number of halogens is 3. The smallest absolute Gasteiger partial charge is 0.383 e. The number of hydrogen-bond donors (Lipinski definition) is 2. The Bertz CT molecular complexity index is 936. The molecule has 1 amide bonds. The van der Waals surface area contributed by atoms with Crippen LogP contribution < -0.4 is 10.6 Å². The fraction of sp³-hybridized carbons (Fsp3) is 0.357. The molecule has 0 saturated carbocycles. The largest absolute Gasteiger partial charge is 0.433 e. The highest BCUT2D eigenvalue weighted by Crippen LogP contribution is 2.30. The van der Waals surface area contributed by atoms with Crippen molar-refractivity contribution in [2.45, 2.75) is 12.7 Å². The molecule has 0 aliphatic rings. The summed E-state index contributed by atoms with van der Waals surface area (Å²) >= 11 is 0. The Morgan fingerprint density at radius 2 is 2.15 bits per heavy atom. The molecule has 144 valence electrons. The van der Waals surface area contributed by atoms with E-state index in [4.69, 9.17) is 4.74 Å². The summed E-state index contributed by atoms with van der Waals surface area (Å²) in [7, 11) is 1.52. The van der Waals surface area contributed by atoms with Gasteiger partial charge in [-0.2, -0.15) is 32.9 Å². The first kappa shape index (κ1) is 18.6. The Kier molecular flexibility index (Phi) is 5.21. The molecule has 0 spiro atoms. The molecule has 2 N–H and O–H groups in total. The number of amides is 1. The van der Waals surface area contributed by atoms with E-state index in [1.165, 1.54) is 24.2 Å². The highest BCUT2D eigenvalue weighted by atomic mass is 19.4. The van der Waals surface area contributed by atoms with Gasteiger partial charge in [0.05, 0.1) is 18.5 Å². The molecule has 0 unspecified atom stereocenters. The second-order valence-corrected chi connectivity index (χ2v) is 5.39. The average Bonchev–Trinajstić information content (AvgIpc) is 3.23. The summed E-state index contributed by atoms with van der Waals surface area (Å²) in [5.41, 5.74) is -0.730. The molecular weight excluding hydrogens is 369 g/mol. The van der Waals surface area contributed by atoms with E-state index < -0.39 is 11.9 Å². The Labute approximate surface area is 150 Å². The van der Waals surface area contributed by atoms with E-state index in [0.717, 1.165) is 16.9 Å². The molecular formula is C14H15F3N8O2. The number of aromatic nitrogens is 6. The van der Waals surface area contributed by atoms with Gasteiger partial charge in [0.1, 0.15) is 18.7 Å². The third-order valence-corrected chi connectivity index (χ3v) is 3.38. The van der Waals surface area contributed by atoms with E-state index in [0.29, 0.717) is 18.8 Å². The van der Waals surface area contributed by atoms with Gasteiger partial charge in [0.15, 0.2) is 5.69 Å². The van der Waals surface area contributed by atoms with E-state index in [2.05, 4.69) is 30.8 Å². The number of nitrogens with zero attached hydrogens (tertiary/aromatic N) is 6. The standard InChI is InChI=1S/C14H15F3N8O2/c1-27-3-2-18-12(26)7-24-6-9(5-20-24)22-11-4-10(14(15,16)17)23-13-19-8-21-25(11)13/h4-6,8,22H,2-3,7H2,1H3,(H,18,26). The van der Waals surface area contributed by atoms with Crippen LogP contribution in [0, 0.1) is 0 Å². The molecule has 3 aromatic rings. The Hall–Kier alpha value is -3.22. The van der Waals surface area contributed by atoms with Gasteiger partial charge >= 0.3 is 6.18 Å². The molecule has 27 heavy (non-hydrogen) atoms. The maximum Gasteiger partial charge on any atom is 0.433 e. The lowest BCUT2D eigenvalue weighted by Crippen LogP contribution is -2.30. The van der Waals surface area contributed by atoms with Gasteiger partial charge in [-0.05, 0) is 0 Å². The molecule has 10 nitrogen and oxygen atoms in total. The summed E-state index contributed by atoms with van der Waals surface area (Å²) in [4.78, 5) is 18.9. The van der Waals surface area contributed by atoms with Crippen molar-refractivity contribution in [1.29, 1.82) is 0 Å². The monoisotopic (exact) mass is 384 g/mol. The van der Waals surface area contributed by atoms with Crippen LogP contribution in [0.4, 0.5) is 24.7 Å². The molecule has 0 aromatic carbocycles. The summed E-state index contributed by atoms with van der Waals surface area (Å²) in [6.07, 6.45) is -0.679. The zero-order chi connectivity index (χ0) is 19.4. The van der Waals surface area contributed by atoms with Crippen LogP contribution in [0.25, 0.3) is 5.78 Å². The van der Waals surface area contributed by atoms with Crippen molar-refractivity contribution in [3.05, 3.63) is 30.5 Å². The van der Waals surface area contributed by atoms with Crippen LogP contribution in [0.1, 0.15) is 5.69 Å². The van der Waals surface area contributed by atoms with Crippen molar-refractivity contribution < 1.29 is 22.7 Å². The van der Waals surface area contributed by atoms with E-state index >= 15 is 0 Å². The summed E-state index contributed by atoms with van der Waals surface area (Å²) in [5, 5.41) is 13.3. The lowest BCUT2D eigenvalue weighted by molar-refractivity contribution is -0.141. The Morgan fingerprint density at radius 1 is 1.33 bits per heavy atom. The zero-order valence-corrected chi connectivity index (χ0v) is 14.1. The molecule has 3 aromatic heterocycles. The minimum atomic E-state index is -4.63. The minimum Gasteiger partial charge on any atom is -0.383 e. The fourth-order valence-corrected chi connectivity index (χ4v) is 2.20. The fourth-order valence-electron chi connectivity index (χ4n) is 2.20. The first-order valence-electron chi connectivity index (χ1n) is 7.70. The summed E-state index contributed by atoms with van der Waals surface area (Å²) in [5.74, 6) is -0.463. The number of fused-ring (bicyclic) bond motifs is 1. The molecule has 3 heterocycles. The summed E-state index contributed by atoms with van der Waals surface area (Å²) in [6, 6.07) is 0.816. The van der Waals surface area contributed by atoms with Crippen molar-refractivity contribution in [2.24, 2.45) is 0 Å². The Morgan fingerprint density at radius 3 is 2.89 bits per heavy atom. The molecule has 0 aliphatic carbocycles. The number of methoxy groups -OCH3 is 1. The maximum absolute atomic E-state index is 13.0. The SMILES string of the molecule is COCCNC(=O)Cn1cc(Nc2cc(C(F)(F)F)nc3ncnn23)cn1. The number of ether oxygens (including phenoxy) is 1. The van der Waals surface area contributed by atoms with Crippen LogP contribution in [0.5, 0.6) is 0 Å². The molecule has 0 bridgehead atoms. The normalized spacial score (nSPS) is 11.7. The van der Waals surface area contributed by atoms with Gasteiger partial charge in [0.2, 0.25) is 5.91 Å². The first-order valence-corrected chi connectivity index (χ1v) is 7.70. The number of alkyl halides is 3. The van der Waals surface area contributed by atoms with Crippen molar-refractivity contribution in [2.75, 3.05) is 25.6 Å². The number of nitrogens with one attached hydrogen (secondary N) is 2. The molecule has 0 saturated heterocycles. The van der Waals surface area contributed by atoms with E-state index in [-0.39, 0.29) is 24.0 Å². The van der Waals surface area contributed by atoms with Crippen LogP contribution in [-0.2, 0) is 22.3 Å². The van der Waals surface area contributed by atoms with Crippen LogP contribution in [0.2, 0.25) is 0 Å². The molecule has 13 heteroatoms. The van der Waals surface area contributed by atoms with Gasteiger partial charge in [-0.3, -0.25) is 9.48 Å². The number of rotatable bonds is 7. The predicted octanol–water partition coefficient (Wildman–Crippen LogP) is 0.846. The van der Waals surface area contributed by atoms with Gasteiger partial charge in [0, 0.05) is 25.9 Å². The van der Waals surface area contributed by atoms with Gasteiger partial charge in [-0.1, -0.05) is 0 Å². The topological polar surface area (TPSA) is 111 Å². The lowest BCUT2D eigenvalue weighted by Gasteiger charge is -2.10. The number of carbonyl (C=O) groups excluding carboxylic acids is 1. The second kappa shape index (κ2) is 7.57. The quantitative estimate of drug-likeness (QED) is 0.581. The number of hydrogen-bond acceptors (Lipinski definition) is 7. The van der Waals surface area contributed by atoms with Gasteiger partial charge in [-0.25, -0.2) is 4.98 Å². The molecule has 0 atom stereocenters. The van der Waals surface area contributed by atoms with Crippen molar-refractivity contribution in [3.63, 3.8) is 0 Å². The van der Waals surface area contributed by atoms with E-state index in [1.807, 2.05) is 0 Å². The van der Waals surface area contributed by atoms with E-state index in [9.17, 15) is 18.0 Å². The Balaban J connectivity index is 1.75. The minimum absolute atomic E-state index is 0.00826. The van der Waals surface area contributed by atoms with Crippen LogP contribution in [-0.4, -0.2) is 55.5 Å². The van der Waals surface area contributed by atoms with Crippen molar-refractivity contribution >= 4 is 23.2 Å². The molecule has 3 rings (SSSR count). The van der Waals surface area contributed by atoms with Gasteiger partial charge in [-0.15, -0.1) is 0 Å². The second-order valence-electron chi connectivity index (χ2n) is 5.39. The van der Waals surface area contributed by atoms with Gasteiger partial charge in [0.25, 0.3) is 5.78 Å². The summed E-state index contributed by atoms with van der Waals surface area (Å²) < 4.78 is 46.3. The lowest BCUT2D eigenvalue weighted by atomic mass is 10.3. The maximum atomic E-state index is 13.0. The van der Waals surface area contributed by atoms with Gasteiger partial charge < -0.3 is 15.4 Å². The predicted molar refractivity (Wildman–Crippen MR) is 86.2 cm³/mol. The molecule has 0 radical (unpaired) electrons. The van der Waals surface area contributed by atoms with Crippen LogP contribution >= 0.6 is 0 Å². The van der Waals surface area contributed by atoms with Crippen molar-refractivity contribution in [1.82, 2.24) is 34.7 Å². The van der Waals surface area contributed by atoms with E-state index in [1.54, 1.807) is 0 Å². The summed E-state index contributed by atoms with van der Waals surface area (Å²) in [6.45, 7) is 0.701. The average molecular weight is 384 g/mol. The number of anilines is 2. The molecule has 0 aliphatic heterocycles. The third-order valence-electron chi connectivity index (χ3n) is 3.38. The molecule has 0 fully saturated rings. The van der Waals surface area contributed by atoms with Crippen LogP contribution in [0.15, 0.2) is 24.8 Å². The first-order chi connectivity index (χ1) is 12.9. The number of carbonyl (C=O) groups is 1. The highest BCUT2D eigenvalue weighted by Gasteiger charge is 2.34.